The van der Waals surface area contributed by atoms with Crippen molar-refractivity contribution in [1.82, 2.24) is 25.4 Å². The average Bonchev–Trinajstić information content (AvgIpc) is 3.58. The van der Waals surface area contributed by atoms with Crippen LogP contribution < -0.4 is 27.4 Å². The first-order chi connectivity index (χ1) is 28.2. The Labute approximate surface area is 352 Å². The minimum atomic E-state index is -1.29. The number of allylic oxidation sites excluding steroid dienone is 5. The van der Waals surface area contributed by atoms with Gasteiger partial charge in [-0.1, -0.05) is 63.8 Å². The average molecular weight is 862 g/mol. The SMILES string of the molecule is C=C(F)/C(=C\C(F)=C/C)c1cc([C@H](N(CC[C@H](N)C(=O)NCCNC(=O)CNCC(=O)C(CC(=O)O)SC[C@H](N)C(=O)O)C(=O)CO)C(C)(C)C)n(Cc2ccccc2)c1. The van der Waals surface area contributed by atoms with E-state index in [0.29, 0.717) is 17.8 Å². The number of carboxylic acid groups (broad SMARTS) is 2. The molecular formula is C41H57F2N7O9S. The fraction of sp³-hybridized carbons (Fsp3) is 0.463. The number of aromatic nitrogens is 1. The highest BCUT2D eigenvalue weighted by Gasteiger charge is 2.37. The van der Waals surface area contributed by atoms with Gasteiger partial charge < -0.3 is 52.2 Å². The summed E-state index contributed by atoms with van der Waals surface area (Å²) in [6.07, 6.45) is 3.27. The number of halogens is 2. The van der Waals surface area contributed by atoms with Crippen molar-refractivity contribution < 1.29 is 52.9 Å². The summed E-state index contributed by atoms with van der Waals surface area (Å²) in [5.41, 5.74) is 12.6. The molecule has 0 radical (unpaired) electrons. The lowest BCUT2D eigenvalue weighted by atomic mass is 9.82. The van der Waals surface area contributed by atoms with Crippen molar-refractivity contribution in [1.29, 1.82) is 0 Å². The number of aliphatic hydroxyl groups excluding tert-OH is 1. The molecule has 0 saturated heterocycles. The highest BCUT2D eigenvalue weighted by Crippen LogP contribution is 2.41. The van der Waals surface area contributed by atoms with Crippen molar-refractivity contribution in [3.05, 3.63) is 89.8 Å². The summed E-state index contributed by atoms with van der Waals surface area (Å²) < 4.78 is 31.1. The van der Waals surface area contributed by atoms with E-state index in [4.69, 9.17) is 21.7 Å². The molecule has 16 nitrogen and oxygen atoms in total. The summed E-state index contributed by atoms with van der Waals surface area (Å²) in [4.78, 5) is 74.9. The van der Waals surface area contributed by atoms with Gasteiger partial charge in [-0.3, -0.25) is 28.8 Å². The molecule has 2 rings (SSSR count). The van der Waals surface area contributed by atoms with Gasteiger partial charge in [0.05, 0.1) is 36.8 Å². The third-order valence-electron chi connectivity index (χ3n) is 9.02. The summed E-state index contributed by atoms with van der Waals surface area (Å²) in [7, 11) is 0. The fourth-order valence-electron chi connectivity index (χ4n) is 6.04. The number of aliphatic carboxylic acids is 2. The van der Waals surface area contributed by atoms with E-state index in [0.717, 1.165) is 23.4 Å². The molecule has 0 saturated carbocycles. The Morgan fingerprint density at radius 3 is 2.22 bits per heavy atom. The molecule has 10 N–H and O–H groups in total. The zero-order chi connectivity index (χ0) is 45.2. The normalized spacial score (nSPS) is 14.1. The predicted octanol–water partition coefficient (Wildman–Crippen LogP) is 2.28. The molecule has 0 fully saturated rings. The van der Waals surface area contributed by atoms with Crippen LogP contribution in [0.5, 0.6) is 0 Å². The van der Waals surface area contributed by atoms with E-state index < -0.39 is 88.9 Å². The van der Waals surface area contributed by atoms with Gasteiger partial charge in [0.25, 0.3) is 0 Å². The van der Waals surface area contributed by atoms with Crippen LogP contribution in [0.25, 0.3) is 5.57 Å². The number of rotatable bonds is 26. The second kappa shape index (κ2) is 24.8. The number of nitrogens with one attached hydrogen (secondary N) is 3. The Kier molecular flexibility index (Phi) is 21.0. The minimum absolute atomic E-state index is 0.0148. The number of nitrogens with zero attached hydrogens (tertiary/aromatic N) is 2. The monoisotopic (exact) mass is 861 g/mol. The predicted molar refractivity (Wildman–Crippen MR) is 225 cm³/mol. The summed E-state index contributed by atoms with van der Waals surface area (Å²) in [5, 5.41) is 34.8. The van der Waals surface area contributed by atoms with Gasteiger partial charge in [0, 0.05) is 55.0 Å². The van der Waals surface area contributed by atoms with Gasteiger partial charge in [-0.25, -0.2) is 8.78 Å². The Balaban J connectivity index is 2.13. The van der Waals surface area contributed by atoms with Crippen molar-refractivity contribution in [3.63, 3.8) is 0 Å². The third kappa shape index (κ3) is 16.8. The number of carboxylic acids is 2. The van der Waals surface area contributed by atoms with E-state index in [1.165, 1.54) is 17.9 Å². The quantitative estimate of drug-likeness (QED) is 0.0500. The molecule has 1 aromatic carbocycles. The zero-order valence-electron chi connectivity index (χ0n) is 34.3. The summed E-state index contributed by atoms with van der Waals surface area (Å²) in [6.45, 7) is 9.16. The maximum Gasteiger partial charge on any atom is 0.321 e. The molecule has 0 aliphatic heterocycles. The number of Topliss-reactive ketones (excluding diaryl/α,β-unsaturated/α-hetero) is 1. The van der Waals surface area contributed by atoms with Crippen molar-refractivity contribution in [2.45, 2.75) is 70.5 Å². The van der Waals surface area contributed by atoms with Crippen LogP contribution in [0.2, 0.25) is 0 Å². The summed E-state index contributed by atoms with van der Waals surface area (Å²) in [5.74, 6) is -6.61. The Morgan fingerprint density at radius 2 is 1.65 bits per heavy atom. The highest BCUT2D eigenvalue weighted by atomic mass is 32.2. The highest BCUT2D eigenvalue weighted by molar-refractivity contribution is 8.00. The lowest BCUT2D eigenvalue weighted by Gasteiger charge is -2.41. The molecule has 4 atom stereocenters. The second-order valence-electron chi connectivity index (χ2n) is 14.9. The molecule has 19 heteroatoms. The molecule has 3 amide bonds. The van der Waals surface area contributed by atoms with Crippen molar-refractivity contribution >= 4 is 52.8 Å². The number of thioether (sulfide) groups is 1. The number of ketones is 1. The number of aliphatic hydroxyl groups is 1. The number of carbonyl (C=O) groups excluding carboxylic acids is 4. The first-order valence-electron chi connectivity index (χ1n) is 19.1. The van der Waals surface area contributed by atoms with E-state index in [1.807, 2.05) is 55.7 Å². The van der Waals surface area contributed by atoms with Crippen molar-refractivity contribution in [2.75, 3.05) is 45.1 Å². The molecule has 1 aromatic heterocycles. The lowest BCUT2D eigenvalue weighted by molar-refractivity contribution is -0.140. The maximum atomic E-state index is 14.8. The Morgan fingerprint density at radius 1 is 1.00 bits per heavy atom. The summed E-state index contributed by atoms with van der Waals surface area (Å²) >= 11 is 0.802. The van der Waals surface area contributed by atoms with Crippen LogP contribution in [0, 0.1) is 5.41 Å². The van der Waals surface area contributed by atoms with Gasteiger partial charge in [0.1, 0.15) is 24.3 Å². The Bertz CT molecular complexity index is 1880. The van der Waals surface area contributed by atoms with Crippen LogP contribution in [-0.4, -0.2) is 123 Å². The largest absolute Gasteiger partial charge is 0.481 e. The minimum Gasteiger partial charge on any atom is -0.481 e. The number of nitrogens with two attached hydrogens (primary N) is 2. The number of amides is 3. The standard InChI is InChI=1S/C41H57F2N7O9S/c1-6-28(43)17-29(25(2)42)27-16-32(49(22-27)21-26-10-8-7-9-11-26)38(41(3,4)5)50(36(54)23-51)15-12-30(44)39(57)48-14-13-47-35(53)20-46-19-33(52)34(18-37(55)56)60-24-31(45)40(58)59/h6-11,16-17,22,30-31,34,38,46,51H,2,12-15,18-21,23-24,44-45H2,1,3-5H3,(H,47,53)(H,48,57)(H,55,56)(H,58,59)/b28-6+,29-17+/t30-,31-,34?,38-/m0/s1. The van der Waals surface area contributed by atoms with Crippen molar-refractivity contribution in [3.8, 4) is 0 Å². The van der Waals surface area contributed by atoms with E-state index in [2.05, 4.69) is 22.5 Å². The molecule has 0 spiro atoms. The first-order valence-corrected chi connectivity index (χ1v) is 20.1. The fourth-order valence-corrected chi connectivity index (χ4v) is 7.15. The molecule has 1 heterocycles. The Hall–Kier alpha value is -5.21. The van der Waals surface area contributed by atoms with E-state index in [1.54, 1.807) is 12.3 Å². The molecular weight excluding hydrogens is 805 g/mol. The molecule has 0 aliphatic carbocycles. The van der Waals surface area contributed by atoms with Crippen LogP contribution in [0.4, 0.5) is 8.78 Å². The van der Waals surface area contributed by atoms with Gasteiger partial charge in [0.15, 0.2) is 5.78 Å². The van der Waals surface area contributed by atoms with E-state index >= 15 is 0 Å². The second-order valence-corrected chi connectivity index (χ2v) is 16.1. The molecule has 330 valence electrons. The van der Waals surface area contributed by atoms with Crippen LogP contribution >= 0.6 is 11.8 Å². The molecule has 0 bridgehead atoms. The number of carbonyl (C=O) groups is 6. The van der Waals surface area contributed by atoms with Crippen molar-refractivity contribution in [2.24, 2.45) is 16.9 Å². The van der Waals surface area contributed by atoms with Crippen LogP contribution in [0.3, 0.4) is 0 Å². The van der Waals surface area contributed by atoms with Gasteiger partial charge in [-0.05, 0) is 36.5 Å². The smallest absolute Gasteiger partial charge is 0.321 e. The van der Waals surface area contributed by atoms with Gasteiger partial charge in [-0.2, -0.15) is 0 Å². The molecule has 60 heavy (non-hydrogen) atoms. The van der Waals surface area contributed by atoms with Crippen LogP contribution in [0.1, 0.15) is 63.4 Å². The van der Waals surface area contributed by atoms with E-state index in [-0.39, 0.29) is 50.5 Å². The van der Waals surface area contributed by atoms with Crippen LogP contribution in [0.15, 0.2) is 73.0 Å². The third-order valence-corrected chi connectivity index (χ3v) is 10.4. The molecule has 1 unspecified atom stereocenters. The number of hydrogen-bond donors (Lipinski definition) is 8. The topological polar surface area (TPSA) is 259 Å². The first kappa shape index (κ1) is 50.9. The molecule has 2 aromatic rings. The van der Waals surface area contributed by atoms with Gasteiger partial charge in [0.2, 0.25) is 17.7 Å². The zero-order valence-corrected chi connectivity index (χ0v) is 35.1. The molecule has 0 aliphatic rings. The van der Waals surface area contributed by atoms with Gasteiger partial charge >= 0.3 is 11.9 Å². The van der Waals surface area contributed by atoms with E-state index in [9.17, 15) is 42.7 Å². The van der Waals surface area contributed by atoms with Crippen LogP contribution in [-0.2, 0) is 35.3 Å². The summed E-state index contributed by atoms with van der Waals surface area (Å²) in [6, 6.07) is 7.85. The number of benzene rings is 1. The number of hydrogen-bond acceptors (Lipinski definition) is 11. The van der Waals surface area contributed by atoms with Gasteiger partial charge in [-0.15, -0.1) is 11.8 Å². The lowest BCUT2D eigenvalue weighted by Crippen LogP contribution is -2.48. The maximum absolute atomic E-state index is 14.8.